The van der Waals surface area contributed by atoms with Crippen molar-refractivity contribution >= 4 is 48.9 Å². The highest BCUT2D eigenvalue weighted by molar-refractivity contribution is 9.09. The van der Waals surface area contributed by atoms with Crippen LogP contribution in [0.4, 0.5) is 5.69 Å². The second kappa shape index (κ2) is 12.5. The van der Waals surface area contributed by atoms with Crippen LogP contribution in [-0.4, -0.2) is 49.3 Å². The quantitative estimate of drug-likeness (QED) is 0.217. The Morgan fingerprint density at radius 1 is 1.21 bits per heavy atom. The first kappa shape index (κ1) is 27.1. The third kappa shape index (κ3) is 6.81. The van der Waals surface area contributed by atoms with Gasteiger partial charge < -0.3 is 14.6 Å². The van der Waals surface area contributed by atoms with E-state index in [4.69, 9.17) is 9.47 Å². The van der Waals surface area contributed by atoms with Gasteiger partial charge in [0.15, 0.2) is 0 Å². The zero-order valence-corrected chi connectivity index (χ0v) is 22.7. The first-order valence-electron chi connectivity index (χ1n) is 11.5. The monoisotopic (exact) mass is 573 g/mol. The van der Waals surface area contributed by atoms with Crippen molar-refractivity contribution in [2.24, 2.45) is 0 Å². The van der Waals surface area contributed by atoms with Crippen LogP contribution in [0.25, 0.3) is 0 Å². The minimum atomic E-state index is -3.51. The third-order valence-electron chi connectivity index (χ3n) is 5.67. The van der Waals surface area contributed by atoms with E-state index in [0.717, 1.165) is 29.7 Å². The summed E-state index contributed by atoms with van der Waals surface area (Å²) < 4.78 is 38.1. The van der Waals surface area contributed by atoms with Crippen LogP contribution in [0, 0.1) is 0 Å². The van der Waals surface area contributed by atoms with Gasteiger partial charge in [-0.25, -0.2) is 13.2 Å². The van der Waals surface area contributed by atoms with Crippen molar-refractivity contribution in [2.75, 3.05) is 23.3 Å². The average molecular weight is 575 g/mol. The lowest BCUT2D eigenvalue weighted by atomic mass is 10.0. The molecule has 1 aromatic heterocycles. The zero-order valence-electron chi connectivity index (χ0n) is 19.5. The van der Waals surface area contributed by atoms with Crippen LogP contribution < -0.4 is 4.31 Å². The highest BCUT2D eigenvalue weighted by Gasteiger charge is 2.44. The smallest absolute Gasteiger partial charge is 0.348 e. The lowest BCUT2D eigenvalue weighted by Gasteiger charge is -2.26. The zero-order chi connectivity index (χ0) is 24.7. The number of ether oxygens (including phenoxy) is 2. The summed E-state index contributed by atoms with van der Waals surface area (Å²) in [5.74, 6) is -0.375. The highest BCUT2D eigenvalue weighted by Crippen LogP contribution is 2.34. The van der Waals surface area contributed by atoms with Crippen LogP contribution >= 0.6 is 27.3 Å². The van der Waals surface area contributed by atoms with Crippen molar-refractivity contribution in [1.82, 2.24) is 0 Å². The molecule has 2 aromatic rings. The van der Waals surface area contributed by atoms with E-state index in [1.165, 1.54) is 15.6 Å². The minimum Gasteiger partial charge on any atom is -0.462 e. The maximum absolute atomic E-state index is 12.9. The van der Waals surface area contributed by atoms with Crippen molar-refractivity contribution in [3.63, 3.8) is 0 Å². The van der Waals surface area contributed by atoms with Gasteiger partial charge in [0.05, 0.1) is 48.2 Å². The first-order chi connectivity index (χ1) is 16.3. The summed E-state index contributed by atoms with van der Waals surface area (Å²) in [6.07, 6.45) is 3.26. The number of hydrogen-bond acceptors (Lipinski definition) is 7. The van der Waals surface area contributed by atoms with Crippen LogP contribution in [0.5, 0.6) is 0 Å². The summed E-state index contributed by atoms with van der Waals surface area (Å²) >= 11 is 4.82. The lowest BCUT2D eigenvalue weighted by Crippen LogP contribution is -2.39. The fourth-order valence-corrected chi connectivity index (χ4v) is 8.15. The number of sulfonamides is 1. The largest absolute Gasteiger partial charge is 0.462 e. The Bertz CT molecular complexity index is 1040. The normalized spacial score (nSPS) is 20.4. The molecule has 34 heavy (non-hydrogen) atoms. The molecule has 0 bridgehead atoms. The van der Waals surface area contributed by atoms with E-state index in [0.29, 0.717) is 23.6 Å². The molecule has 0 spiro atoms. The molecule has 3 atom stereocenters. The number of aliphatic hydroxyl groups is 1. The number of nitrogens with zero attached hydrogens (tertiary/aromatic N) is 1. The molecule has 3 unspecified atom stereocenters. The second-order valence-corrected chi connectivity index (χ2v) is 12.5. The molecule has 1 N–H and O–H groups in total. The molecule has 1 aliphatic rings. The Labute approximate surface area is 214 Å². The molecular formula is C24H32BrNO6S2. The van der Waals surface area contributed by atoms with Gasteiger partial charge in [-0.2, -0.15) is 0 Å². The van der Waals surface area contributed by atoms with Crippen molar-refractivity contribution < 1.29 is 27.8 Å². The maximum Gasteiger partial charge on any atom is 0.348 e. The number of hydrogen-bond donors (Lipinski definition) is 1. The molecule has 0 radical (unpaired) electrons. The van der Waals surface area contributed by atoms with Gasteiger partial charge in [0.1, 0.15) is 4.88 Å². The fraction of sp³-hybridized carbons (Fsp3) is 0.542. The summed E-state index contributed by atoms with van der Waals surface area (Å²) in [5.41, 5.74) is 1.34. The Balaban J connectivity index is 1.65. The van der Waals surface area contributed by atoms with Crippen LogP contribution in [0.2, 0.25) is 0 Å². The number of thiophene rings is 1. The molecule has 1 fully saturated rings. The van der Waals surface area contributed by atoms with Crippen molar-refractivity contribution in [3.8, 4) is 0 Å². The van der Waals surface area contributed by atoms with E-state index in [2.05, 4.69) is 22.9 Å². The molecule has 10 heteroatoms. The molecule has 1 saturated heterocycles. The minimum absolute atomic E-state index is 0.0194. The summed E-state index contributed by atoms with van der Waals surface area (Å²) in [7, 11) is -3.51. The van der Waals surface area contributed by atoms with Gasteiger partial charge in [0, 0.05) is 4.88 Å². The van der Waals surface area contributed by atoms with E-state index in [-0.39, 0.29) is 29.8 Å². The summed E-state index contributed by atoms with van der Waals surface area (Å²) in [4.78, 5) is 12.9. The number of unbranched alkanes of at least 4 members (excludes halogenated alkanes) is 2. The third-order valence-corrected chi connectivity index (χ3v) is 9.94. The first-order valence-corrected chi connectivity index (χ1v) is 14.9. The molecule has 0 saturated carbocycles. The number of esters is 1. The van der Waals surface area contributed by atoms with Gasteiger partial charge in [-0.1, -0.05) is 54.2 Å². The Kier molecular flexibility index (Phi) is 9.96. The van der Waals surface area contributed by atoms with E-state index < -0.39 is 22.2 Å². The molecular weight excluding hydrogens is 542 g/mol. The summed E-state index contributed by atoms with van der Waals surface area (Å²) in [6, 6.07) is 10.2. The van der Waals surface area contributed by atoms with E-state index in [9.17, 15) is 18.3 Å². The van der Waals surface area contributed by atoms with Gasteiger partial charge in [-0.15, -0.1) is 11.3 Å². The van der Waals surface area contributed by atoms with Gasteiger partial charge in [0.2, 0.25) is 10.0 Å². The molecule has 0 aliphatic carbocycles. The summed E-state index contributed by atoms with van der Waals surface area (Å²) in [5, 5.41) is 10.4. The van der Waals surface area contributed by atoms with Crippen molar-refractivity contribution in [1.29, 1.82) is 0 Å². The molecule has 188 valence electrons. The second-order valence-electron chi connectivity index (χ2n) is 8.26. The number of alkyl halides is 1. The average Bonchev–Trinajstić information content (AvgIpc) is 3.36. The number of anilines is 1. The van der Waals surface area contributed by atoms with Gasteiger partial charge >= 0.3 is 5.97 Å². The molecule has 2 heterocycles. The maximum atomic E-state index is 12.9. The van der Waals surface area contributed by atoms with Gasteiger partial charge in [-0.05, 0) is 43.2 Å². The highest BCUT2D eigenvalue weighted by atomic mass is 79.9. The predicted molar refractivity (Wildman–Crippen MR) is 138 cm³/mol. The number of halogens is 1. The summed E-state index contributed by atoms with van der Waals surface area (Å²) in [6.45, 7) is 4.67. The van der Waals surface area contributed by atoms with Crippen LogP contribution in [0.1, 0.15) is 65.7 Å². The Morgan fingerprint density at radius 3 is 2.62 bits per heavy atom. The fourth-order valence-electron chi connectivity index (χ4n) is 3.92. The predicted octanol–water partition coefficient (Wildman–Crippen LogP) is 5.04. The SMILES string of the molecule is CCCCCC(O)c1ccc(N2C(COCc3ccc(C(=O)OCC)s3)C(Br)CS2(=O)=O)cc1. The topological polar surface area (TPSA) is 93.1 Å². The Morgan fingerprint density at radius 2 is 1.94 bits per heavy atom. The van der Waals surface area contributed by atoms with Crippen molar-refractivity contribution in [2.45, 2.75) is 63.1 Å². The number of carbonyl (C=O) groups excluding carboxylic acids is 1. The Hall–Kier alpha value is -1.46. The van der Waals surface area contributed by atoms with E-state index >= 15 is 0 Å². The van der Waals surface area contributed by atoms with E-state index in [1.807, 2.05) is 6.07 Å². The number of carbonyl (C=O) groups is 1. The molecule has 1 aromatic carbocycles. The molecule has 1 aliphatic heterocycles. The van der Waals surface area contributed by atoms with Gasteiger partial charge in [-0.3, -0.25) is 4.31 Å². The van der Waals surface area contributed by atoms with Crippen LogP contribution in [0.15, 0.2) is 36.4 Å². The van der Waals surface area contributed by atoms with Gasteiger partial charge in [0.25, 0.3) is 0 Å². The molecule has 0 amide bonds. The van der Waals surface area contributed by atoms with Crippen LogP contribution in [0.3, 0.4) is 0 Å². The molecule has 3 rings (SSSR count). The number of rotatable bonds is 12. The number of benzene rings is 1. The molecule has 7 nitrogen and oxygen atoms in total. The van der Waals surface area contributed by atoms with Crippen LogP contribution in [-0.2, 0) is 26.1 Å². The number of aliphatic hydroxyl groups excluding tert-OH is 1. The lowest BCUT2D eigenvalue weighted by molar-refractivity contribution is 0.0532. The van der Waals surface area contributed by atoms with E-state index in [1.54, 1.807) is 37.3 Å². The van der Waals surface area contributed by atoms with Crippen molar-refractivity contribution in [3.05, 3.63) is 51.7 Å². The standard InChI is InChI=1S/C24H32BrNO6S2/c1-3-5-6-7-22(27)17-8-10-18(11-9-17)26-21(20(25)16-34(26,29)30)15-31-14-19-12-13-23(33-19)24(28)32-4-2/h8-13,20-22,27H,3-7,14-16H2,1-2H3.